The summed E-state index contributed by atoms with van der Waals surface area (Å²) in [5.74, 6) is 3.56. The van der Waals surface area contributed by atoms with Gasteiger partial charge >= 0.3 is 5.97 Å². The number of carbonyl (C=O) groups excluding carboxylic acids is 1. The van der Waals surface area contributed by atoms with E-state index in [0.717, 1.165) is 60.4 Å². The lowest BCUT2D eigenvalue weighted by Crippen LogP contribution is -2.34. The Labute approximate surface area is 320 Å². The molecule has 0 N–H and O–H groups in total. The van der Waals surface area contributed by atoms with Crippen LogP contribution >= 0.6 is 11.6 Å². The van der Waals surface area contributed by atoms with Crippen molar-refractivity contribution in [2.45, 2.75) is 37.8 Å². The number of fused-ring (bicyclic) bond motifs is 2. The first-order chi connectivity index (χ1) is 26.2. The number of ether oxygens (including phenoxy) is 6. The van der Waals surface area contributed by atoms with Crippen molar-refractivity contribution < 1.29 is 33.2 Å². The summed E-state index contributed by atoms with van der Waals surface area (Å²) in [4.78, 5) is 18.5. The van der Waals surface area contributed by atoms with Crippen LogP contribution in [-0.2, 0) is 25.7 Å². The second kappa shape index (κ2) is 14.9. The molecule has 0 amide bonds. The molecule has 4 aliphatic rings. The topological polar surface area (TPSA) is 78.9 Å². The van der Waals surface area contributed by atoms with Crippen LogP contribution in [0.3, 0.4) is 0 Å². The second-order valence-corrected chi connectivity index (χ2v) is 14.6. The monoisotopic (exact) mass is 746 g/mol. The SMILES string of the molecule is COc1ccc2cc1Oc1ccc(cc1)C[C@H]1c3cc(c(OC)cc3CCN1C)Oc1c(OC(=O)c3ccc(Cl)cc3)c(OC)cc3c1[C@H](C2)N(C)CC3. The molecule has 4 heterocycles. The van der Waals surface area contributed by atoms with Crippen molar-refractivity contribution in [3.05, 3.63) is 129 Å². The molecule has 2 atom stereocenters. The summed E-state index contributed by atoms with van der Waals surface area (Å²) in [5, 5.41) is 0.520. The Balaban J connectivity index is 1.36. The highest BCUT2D eigenvalue weighted by Gasteiger charge is 2.35. The van der Waals surface area contributed by atoms with Gasteiger partial charge < -0.3 is 28.4 Å². The first kappa shape index (κ1) is 35.8. The zero-order valence-corrected chi connectivity index (χ0v) is 31.9. The Hall–Kier alpha value is -5.22. The minimum atomic E-state index is -0.563. The first-order valence-corrected chi connectivity index (χ1v) is 18.5. The fourth-order valence-electron chi connectivity index (χ4n) is 7.92. The molecule has 6 bridgehead atoms. The molecule has 0 saturated carbocycles. The number of methoxy groups -OCH3 is 3. The number of benzene rings is 5. The summed E-state index contributed by atoms with van der Waals surface area (Å²) >= 11 is 6.16. The number of carbonyl (C=O) groups is 1. The Morgan fingerprint density at radius 2 is 1.31 bits per heavy atom. The summed E-state index contributed by atoms with van der Waals surface area (Å²) < 4.78 is 37.6. The highest BCUT2D eigenvalue weighted by atomic mass is 35.5. The zero-order chi connectivity index (χ0) is 37.5. The molecule has 278 valence electrons. The van der Waals surface area contributed by atoms with Crippen LogP contribution in [0.15, 0.2) is 84.9 Å². The van der Waals surface area contributed by atoms with E-state index in [1.807, 2.05) is 30.3 Å². The van der Waals surface area contributed by atoms with Crippen LogP contribution in [0.4, 0.5) is 0 Å². The van der Waals surface area contributed by atoms with E-state index in [-0.39, 0.29) is 17.8 Å². The molecule has 0 saturated heterocycles. The second-order valence-electron chi connectivity index (χ2n) is 14.1. The highest BCUT2D eigenvalue weighted by Crippen LogP contribution is 2.52. The van der Waals surface area contributed by atoms with Gasteiger partial charge in [0, 0.05) is 35.8 Å². The van der Waals surface area contributed by atoms with Crippen molar-refractivity contribution in [1.29, 1.82) is 0 Å². The number of hydrogen-bond acceptors (Lipinski definition) is 9. The summed E-state index contributed by atoms with van der Waals surface area (Å²) in [6.45, 7) is 1.70. The van der Waals surface area contributed by atoms with Crippen LogP contribution in [-0.4, -0.2) is 64.3 Å². The number of likely N-dealkylation sites (N-methyl/N-ethyl adjacent to an activating group) is 2. The van der Waals surface area contributed by atoms with Gasteiger partial charge in [0.2, 0.25) is 5.75 Å². The number of esters is 1. The third kappa shape index (κ3) is 6.83. The first-order valence-electron chi connectivity index (χ1n) is 18.2. The molecule has 0 radical (unpaired) electrons. The van der Waals surface area contributed by atoms with Gasteiger partial charge in [-0.1, -0.05) is 29.8 Å². The summed E-state index contributed by atoms with van der Waals surface area (Å²) in [6.07, 6.45) is 2.99. The van der Waals surface area contributed by atoms with E-state index >= 15 is 0 Å². The van der Waals surface area contributed by atoms with Crippen LogP contribution in [0.1, 0.15) is 55.8 Å². The van der Waals surface area contributed by atoms with Gasteiger partial charge in [0.25, 0.3) is 0 Å². The lowest BCUT2D eigenvalue weighted by atomic mass is 9.87. The van der Waals surface area contributed by atoms with Crippen molar-refractivity contribution in [2.75, 3.05) is 48.5 Å². The van der Waals surface area contributed by atoms with Crippen molar-refractivity contribution >= 4 is 17.6 Å². The fourth-order valence-corrected chi connectivity index (χ4v) is 8.04. The van der Waals surface area contributed by atoms with Gasteiger partial charge in [-0.05, 0) is 134 Å². The molecule has 9 rings (SSSR count). The van der Waals surface area contributed by atoms with Gasteiger partial charge in [-0.25, -0.2) is 4.79 Å². The normalized spacial score (nSPS) is 18.0. The number of nitrogens with zero attached hydrogens (tertiary/aromatic N) is 2. The molecule has 54 heavy (non-hydrogen) atoms. The Morgan fingerprint density at radius 3 is 2.04 bits per heavy atom. The van der Waals surface area contributed by atoms with E-state index in [4.69, 9.17) is 40.0 Å². The van der Waals surface area contributed by atoms with E-state index in [9.17, 15) is 4.79 Å². The Morgan fingerprint density at radius 1 is 0.685 bits per heavy atom. The Bertz CT molecular complexity index is 2210. The van der Waals surface area contributed by atoms with Crippen molar-refractivity contribution in [3.63, 3.8) is 0 Å². The summed E-state index contributed by atoms with van der Waals surface area (Å²) in [6, 6.07) is 27.0. The Kier molecular flexibility index (Phi) is 9.87. The smallest absolute Gasteiger partial charge is 0.343 e. The van der Waals surface area contributed by atoms with Gasteiger partial charge in [0.05, 0.1) is 26.9 Å². The maximum Gasteiger partial charge on any atom is 0.343 e. The van der Waals surface area contributed by atoms with E-state index in [0.29, 0.717) is 51.5 Å². The molecular formula is C44H43ClN2O7. The number of rotatable bonds is 5. The molecule has 9 nitrogen and oxygen atoms in total. The molecule has 4 aliphatic heterocycles. The lowest BCUT2D eigenvalue weighted by molar-refractivity contribution is 0.0724. The minimum Gasteiger partial charge on any atom is -0.493 e. The third-order valence-corrected chi connectivity index (χ3v) is 11.2. The van der Waals surface area contributed by atoms with Crippen LogP contribution in [0.5, 0.6) is 46.0 Å². The van der Waals surface area contributed by atoms with E-state index in [1.165, 1.54) is 11.1 Å². The van der Waals surface area contributed by atoms with E-state index < -0.39 is 5.97 Å². The van der Waals surface area contributed by atoms with Crippen molar-refractivity contribution in [2.24, 2.45) is 0 Å². The summed E-state index contributed by atoms with van der Waals surface area (Å²) in [7, 11) is 9.15. The van der Waals surface area contributed by atoms with E-state index in [2.05, 4.69) is 54.2 Å². The van der Waals surface area contributed by atoms with E-state index in [1.54, 1.807) is 45.6 Å². The van der Waals surface area contributed by atoms with Crippen LogP contribution in [0.2, 0.25) is 5.02 Å². The van der Waals surface area contributed by atoms with Gasteiger partial charge in [0.15, 0.2) is 34.5 Å². The quantitative estimate of drug-likeness (QED) is 0.129. The number of halogens is 1. The molecule has 0 aromatic heterocycles. The molecule has 0 unspecified atom stereocenters. The third-order valence-electron chi connectivity index (χ3n) is 10.9. The lowest BCUT2D eigenvalue weighted by Gasteiger charge is -2.37. The molecule has 5 aromatic rings. The highest BCUT2D eigenvalue weighted by molar-refractivity contribution is 6.30. The number of hydrogen-bond donors (Lipinski definition) is 0. The van der Waals surface area contributed by atoms with Gasteiger partial charge in [-0.15, -0.1) is 0 Å². The van der Waals surface area contributed by atoms with Gasteiger partial charge in [-0.3, -0.25) is 9.80 Å². The van der Waals surface area contributed by atoms with Crippen LogP contribution < -0.4 is 28.4 Å². The van der Waals surface area contributed by atoms with Crippen LogP contribution in [0, 0.1) is 0 Å². The standard InChI is InChI=1S/C44H43ClN2O7/c1-46-18-16-29-23-37(50-4)39-25-33(29)34(46)20-26-6-13-32(14-7-26)52-38-22-27(8-15-36(38)49-3)21-35-41-30(17-19-47(35)2)24-40(51-5)42(43(41)53-39)54-44(48)28-9-11-31(45)12-10-28/h6-15,22-25,34-35H,16-21H2,1-5H3/t34-,35-/m0/s1. The average molecular weight is 747 g/mol. The largest absolute Gasteiger partial charge is 0.493 e. The van der Waals surface area contributed by atoms with Crippen molar-refractivity contribution in [3.8, 4) is 46.0 Å². The average Bonchev–Trinajstić information content (AvgIpc) is 3.18. The zero-order valence-electron chi connectivity index (χ0n) is 31.1. The predicted octanol–water partition coefficient (Wildman–Crippen LogP) is 9.03. The van der Waals surface area contributed by atoms with Crippen LogP contribution in [0.25, 0.3) is 0 Å². The molecule has 5 aromatic carbocycles. The van der Waals surface area contributed by atoms with Gasteiger partial charge in [-0.2, -0.15) is 0 Å². The maximum absolute atomic E-state index is 13.8. The predicted molar refractivity (Wildman–Crippen MR) is 208 cm³/mol. The molecule has 10 heteroatoms. The molecule has 0 spiro atoms. The molecule has 0 fully saturated rings. The molecular weight excluding hydrogens is 704 g/mol. The summed E-state index contributed by atoms with van der Waals surface area (Å²) in [5.41, 5.74) is 6.88. The minimum absolute atomic E-state index is 0.0738. The van der Waals surface area contributed by atoms with Crippen molar-refractivity contribution in [1.82, 2.24) is 9.80 Å². The maximum atomic E-state index is 13.8. The molecule has 0 aliphatic carbocycles. The fraction of sp³-hybridized carbons (Fsp3) is 0.295. The van der Waals surface area contributed by atoms with Gasteiger partial charge in [0.1, 0.15) is 5.75 Å².